The molecule has 9 heteroatoms. The van der Waals surface area contributed by atoms with Crippen LogP contribution in [0.15, 0.2) is 35.6 Å². The standard InChI is InChI=1S/C18H23N7O2/c1-27-18(26)14-10-24-16(25-17-11-21-13(7-19)9-23-17)6-15(14)22-8-12-2-4-20-5-3-12/h6,9,11-12,20,22,24H,2-5,8,10H2,1H3,(H,23,25). The number of ether oxygens (including phenoxy) is 1. The maximum atomic E-state index is 12.1. The molecule has 0 atom stereocenters. The van der Waals surface area contributed by atoms with Crippen LogP contribution in [0.4, 0.5) is 5.82 Å². The summed E-state index contributed by atoms with van der Waals surface area (Å²) in [7, 11) is 1.38. The van der Waals surface area contributed by atoms with Gasteiger partial charge in [-0.25, -0.2) is 14.8 Å². The molecular formula is C18H23N7O2. The van der Waals surface area contributed by atoms with E-state index in [9.17, 15) is 4.79 Å². The van der Waals surface area contributed by atoms with Gasteiger partial charge < -0.3 is 26.0 Å². The highest BCUT2D eigenvalue weighted by Crippen LogP contribution is 2.16. The van der Waals surface area contributed by atoms with Crippen molar-refractivity contribution in [2.24, 2.45) is 5.92 Å². The summed E-state index contributed by atoms with van der Waals surface area (Å²) in [5.41, 5.74) is 1.55. The van der Waals surface area contributed by atoms with E-state index in [0.717, 1.165) is 38.2 Å². The van der Waals surface area contributed by atoms with Crippen molar-refractivity contribution in [3.8, 4) is 6.07 Å². The van der Waals surface area contributed by atoms with Crippen LogP contribution in [0.25, 0.3) is 0 Å². The van der Waals surface area contributed by atoms with Crippen LogP contribution in [0.1, 0.15) is 18.5 Å². The molecule has 142 valence electrons. The Morgan fingerprint density at radius 1 is 1.37 bits per heavy atom. The summed E-state index contributed by atoms with van der Waals surface area (Å²) in [5, 5.41) is 21.8. The molecule has 2 aliphatic rings. The molecule has 1 aromatic heterocycles. The van der Waals surface area contributed by atoms with Crippen molar-refractivity contribution in [3.63, 3.8) is 0 Å². The van der Waals surface area contributed by atoms with Crippen molar-refractivity contribution in [1.82, 2.24) is 25.9 Å². The molecule has 0 unspecified atom stereocenters. The molecule has 0 saturated carbocycles. The Morgan fingerprint density at radius 2 is 2.19 bits per heavy atom. The van der Waals surface area contributed by atoms with Gasteiger partial charge in [0.2, 0.25) is 0 Å². The normalized spacial score (nSPS) is 17.4. The number of hydrogen-bond acceptors (Lipinski definition) is 9. The third kappa shape index (κ3) is 4.95. The number of hydrogen-bond donors (Lipinski definition) is 4. The van der Waals surface area contributed by atoms with Gasteiger partial charge in [0, 0.05) is 12.6 Å². The fourth-order valence-corrected chi connectivity index (χ4v) is 3.03. The minimum absolute atomic E-state index is 0.253. The highest BCUT2D eigenvalue weighted by molar-refractivity contribution is 5.90. The summed E-state index contributed by atoms with van der Waals surface area (Å²) < 4.78 is 4.90. The van der Waals surface area contributed by atoms with E-state index in [-0.39, 0.29) is 11.7 Å². The molecular weight excluding hydrogens is 346 g/mol. The third-order valence-corrected chi connectivity index (χ3v) is 4.57. The van der Waals surface area contributed by atoms with Gasteiger partial charge >= 0.3 is 5.97 Å². The average molecular weight is 369 g/mol. The summed E-state index contributed by atoms with van der Waals surface area (Å²) in [6, 6.07) is 1.93. The minimum Gasteiger partial charge on any atom is -0.466 e. The maximum absolute atomic E-state index is 12.1. The third-order valence-electron chi connectivity index (χ3n) is 4.57. The number of carbonyl (C=O) groups is 1. The molecule has 3 rings (SSSR count). The number of carbonyl (C=O) groups excluding carboxylic acids is 1. The Labute approximate surface area is 157 Å². The predicted octanol–water partition coefficient (Wildman–Crippen LogP) is 0.221. The average Bonchev–Trinajstić information content (AvgIpc) is 2.73. The molecule has 27 heavy (non-hydrogen) atoms. The lowest BCUT2D eigenvalue weighted by atomic mass is 9.98. The first-order chi connectivity index (χ1) is 13.2. The second-order valence-electron chi connectivity index (χ2n) is 6.39. The number of anilines is 1. The molecule has 0 bridgehead atoms. The number of methoxy groups -OCH3 is 1. The van der Waals surface area contributed by atoms with Crippen LogP contribution in [0.2, 0.25) is 0 Å². The first kappa shape index (κ1) is 18.7. The molecule has 1 aromatic rings. The van der Waals surface area contributed by atoms with E-state index in [1.807, 2.05) is 12.1 Å². The highest BCUT2D eigenvalue weighted by atomic mass is 16.5. The number of nitrogens with zero attached hydrogens (tertiary/aromatic N) is 3. The monoisotopic (exact) mass is 369 g/mol. The number of dihydropyridines is 1. The second kappa shape index (κ2) is 9.00. The maximum Gasteiger partial charge on any atom is 0.337 e. The van der Waals surface area contributed by atoms with Crippen molar-refractivity contribution in [2.75, 3.05) is 38.6 Å². The Hall–Kier alpha value is -3.12. The zero-order valence-corrected chi connectivity index (χ0v) is 15.2. The lowest BCUT2D eigenvalue weighted by molar-refractivity contribution is -0.136. The van der Waals surface area contributed by atoms with E-state index in [2.05, 4.69) is 31.2 Å². The molecule has 0 aromatic carbocycles. The summed E-state index contributed by atoms with van der Waals surface area (Å²) in [5.74, 6) is 1.41. The van der Waals surface area contributed by atoms with E-state index in [0.29, 0.717) is 29.7 Å². The van der Waals surface area contributed by atoms with Crippen LogP contribution in [0.3, 0.4) is 0 Å². The van der Waals surface area contributed by atoms with Gasteiger partial charge in [0.25, 0.3) is 0 Å². The van der Waals surface area contributed by atoms with Crippen LogP contribution in [0.5, 0.6) is 0 Å². The summed E-state index contributed by atoms with van der Waals surface area (Å²) in [6.45, 7) is 3.19. The fraction of sp³-hybridized carbons (Fsp3) is 0.444. The molecule has 0 aliphatic carbocycles. The number of allylic oxidation sites excluding steroid dienone is 1. The zero-order valence-electron chi connectivity index (χ0n) is 15.2. The predicted molar refractivity (Wildman–Crippen MR) is 99.1 cm³/mol. The molecule has 0 spiro atoms. The number of rotatable bonds is 6. The smallest absolute Gasteiger partial charge is 0.337 e. The number of nitrogens with one attached hydrogen (secondary N) is 4. The van der Waals surface area contributed by atoms with E-state index in [4.69, 9.17) is 10.00 Å². The number of esters is 1. The molecule has 0 radical (unpaired) electrons. The van der Waals surface area contributed by atoms with Crippen LogP contribution < -0.4 is 21.3 Å². The fourth-order valence-electron chi connectivity index (χ4n) is 3.03. The lowest BCUT2D eigenvalue weighted by Crippen LogP contribution is -2.37. The molecule has 1 fully saturated rings. The zero-order chi connectivity index (χ0) is 19.1. The van der Waals surface area contributed by atoms with Crippen LogP contribution >= 0.6 is 0 Å². The van der Waals surface area contributed by atoms with Crippen LogP contribution in [0, 0.1) is 17.2 Å². The number of piperidine rings is 1. The topological polar surface area (TPSA) is 124 Å². The van der Waals surface area contributed by atoms with E-state index >= 15 is 0 Å². The molecule has 1 saturated heterocycles. The van der Waals surface area contributed by atoms with Crippen molar-refractivity contribution in [2.45, 2.75) is 12.8 Å². The Bertz CT molecular complexity index is 774. The summed E-state index contributed by atoms with van der Waals surface area (Å²) in [4.78, 5) is 20.2. The van der Waals surface area contributed by atoms with Gasteiger partial charge in [-0.1, -0.05) is 0 Å². The van der Waals surface area contributed by atoms with E-state index in [1.54, 1.807) is 0 Å². The summed E-state index contributed by atoms with van der Waals surface area (Å²) in [6.07, 6.45) is 6.95. The Morgan fingerprint density at radius 3 is 2.85 bits per heavy atom. The van der Waals surface area contributed by atoms with Crippen molar-refractivity contribution < 1.29 is 9.53 Å². The Balaban J connectivity index is 1.72. The molecule has 4 N–H and O–H groups in total. The molecule has 2 aliphatic heterocycles. The number of aromatic nitrogens is 2. The van der Waals surface area contributed by atoms with Gasteiger partial charge in [0.05, 0.1) is 37.3 Å². The Kier molecular flexibility index (Phi) is 6.22. The van der Waals surface area contributed by atoms with Gasteiger partial charge in [0.15, 0.2) is 5.69 Å². The van der Waals surface area contributed by atoms with Crippen molar-refractivity contribution in [3.05, 3.63) is 41.3 Å². The van der Waals surface area contributed by atoms with Gasteiger partial charge in [-0.05, 0) is 31.8 Å². The van der Waals surface area contributed by atoms with Crippen molar-refractivity contribution in [1.29, 1.82) is 5.26 Å². The molecule has 0 amide bonds. The highest BCUT2D eigenvalue weighted by Gasteiger charge is 2.21. The van der Waals surface area contributed by atoms with E-state index < -0.39 is 0 Å². The largest absolute Gasteiger partial charge is 0.466 e. The van der Waals surface area contributed by atoms with Gasteiger partial charge in [-0.15, -0.1) is 0 Å². The number of nitriles is 1. The minimum atomic E-state index is -0.358. The van der Waals surface area contributed by atoms with Gasteiger partial charge in [-0.3, -0.25) is 0 Å². The SMILES string of the molecule is COC(=O)C1=C(NCC2CCNCC2)C=C(Nc2cnc(C#N)cn2)NC1. The van der Waals surface area contributed by atoms with E-state index in [1.165, 1.54) is 19.5 Å². The molecule has 9 nitrogen and oxygen atoms in total. The van der Waals surface area contributed by atoms with Crippen molar-refractivity contribution >= 4 is 11.8 Å². The van der Waals surface area contributed by atoms with Gasteiger partial charge in [-0.2, -0.15) is 5.26 Å². The molecule has 3 heterocycles. The van der Waals surface area contributed by atoms with Crippen LogP contribution in [-0.2, 0) is 9.53 Å². The van der Waals surface area contributed by atoms with Crippen LogP contribution in [-0.4, -0.2) is 49.2 Å². The lowest BCUT2D eigenvalue weighted by Gasteiger charge is -2.26. The summed E-state index contributed by atoms with van der Waals surface area (Å²) >= 11 is 0. The first-order valence-corrected chi connectivity index (χ1v) is 8.90. The van der Waals surface area contributed by atoms with Gasteiger partial charge in [0.1, 0.15) is 17.7 Å². The second-order valence-corrected chi connectivity index (χ2v) is 6.39. The quantitative estimate of drug-likeness (QED) is 0.521. The first-order valence-electron chi connectivity index (χ1n) is 8.90.